The molecule has 5 aliphatic heterocycles. The Hall–Kier alpha value is -5.93. The number of carbonyl (C=O) groups excluding carboxylic acids is 5. The van der Waals surface area contributed by atoms with Crippen molar-refractivity contribution in [1.29, 1.82) is 5.26 Å². The van der Waals surface area contributed by atoms with Crippen LogP contribution in [0, 0.1) is 17.2 Å². The van der Waals surface area contributed by atoms with E-state index in [-0.39, 0.29) is 41.3 Å². The largest absolute Gasteiger partial charge is 0.417 e. The fourth-order valence-corrected chi connectivity index (χ4v) is 9.25. The Bertz CT molecular complexity index is 2330. The molecule has 1 N–H and O–H groups in total. The van der Waals surface area contributed by atoms with Crippen LogP contribution in [0.4, 0.5) is 30.4 Å². The van der Waals surface area contributed by atoms with Crippen LogP contribution in [-0.2, 0) is 27.1 Å². The number of carbonyl (C=O) groups is 5. The van der Waals surface area contributed by atoms with Crippen molar-refractivity contribution in [1.82, 2.24) is 25.0 Å². The molecule has 1 unspecified atom stereocenters. The van der Waals surface area contributed by atoms with Gasteiger partial charge in [-0.2, -0.15) is 18.4 Å². The van der Waals surface area contributed by atoms with Gasteiger partial charge in [0.15, 0.2) is 5.11 Å². The summed E-state index contributed by atoms with van der Waals surface area (Å²) in [4.78, 5) is 79.4. The SMILES string of the molecule is CC1(C)C(=O)N(c2ccc(C#N)c(C(F)(F)F)c2)C(=S)N1Cc1ccc(N2CCC(CN3CCN(c4ccc5c(c4)C(=O)N(C4CCC(=O)NC4=O)C5=O)CC3)CC2)nc1. The molecule has 4 saturated heterocycles. The van der Waals surface area contributed by atoms with Gasteiger partial charge in [0, 0.05) is 70.7 Å². The van der Waals surface area contributed by atoms with Crippen LogP contribution in [0.2, 0.25) is 0 Å². The number of nitriles is 1. The van der Waals surface area contributed by atoms with Gasteiger partial charge in [0.2, 0.25) is 11.8 Å². The van der Waals surface area contributed by atoms with E-state index >= 15 is 0 Å². The molecule has 60 heavy (non-hydrogen) atoms. The van der Waals surface area contributed by atoms with Gasteiger partial charge in [0.05, 0.1) is 34.0 Å². The number of piperidine rings is 2. The first-order valence-corrected chi connectivity index (χ1v) is 20.3. The van der Waals surface area contributed by atoms with Gasteiger partial charge < -0.3 is 14.7 Å². The van der Waals surface area contributed by atoms with E-state index in [1.54, 1.807) is 43.1 Å². The van der Waals surface area contributed by atoms with Crippen molar-refractivity contribution in [3.05, 3.63) is 82.5 Å². The number of benzene rings is 2. The highest BCUT2D eigenvalue weighted by Gasteiger charge is 2.50. The van der Waals surface area contributed by atoms with E-state index in [0.717, 1.165) is 97.7 Å². The third kappa shape index (κ3) is 7.44. The van der Waals surface area contributed by atoms with Crippen molar-refractivity contribution in [3.8, 4) is 6.07 Å². The predicted octanol–water partition coefficient (Wildman–Crippen LogP) is 4.32. The maximum atomic E-state index is 13.7. The lowest BCUT2D eigenvalue weighted by Gasteiger charge is -2.40. The minimum atomic E-state index is -4.78. The summed E-state index contributed by atoms with van der Waals surface area (Å²) < 4.78 is 41.2. The first-order valence-electron chi connectivity index (χ1n) is 19.9. The number of alkyl halides is 3. The van der Waals surface area contributed by atoms with Crippen LogP contribution in [0.5, 0.6) is 0 Å². The maximum absolute atomic E-state index is 13.7. The predicted molar refractivity (Wildman–Crippen MR) is 217 cm³/mol. The summed E-state index contributed by atoms with van der Waals surface area (Å²) in [6.45, 7) is 9.41. The van der Waals surface area contributed by atoms with Gasteiger partial charge >= 0.3 is 6.18 Å². The average molecular weight is 842 g/mol. The Kier molecular flexibility index (Phi) is 10.6. The minimum Gasteiger partial charge on any atom is -0.369 e. The number of halogens is 3. The Morgan fingerprint density at radius 1 is 0.867 bits per heavy atom. The molecule has 0 radical (unpaired) electrons. The molecule has 2 aromatic carbocycles. The van der Waals surface area contributed by atoms with E-state index in [9.17, 15) is 42.4 Å². The van der Waals surface area contributed by atoms with Crippen molar-refractivity contribution in [2.75, 3.05) is 60.5 Å². The van der Waals surface area contributed by atoms with E-state index in [1.165, 1.54) is 6.07 Å². The van der Waals surface area contributed by atoms with E-state index in [1.807, 2.05) is 18.2 Å². The summed E-state index contributed by atoms with van der Waals surface area (Å²) in [7, 11) is 0. The number of hydrogen-bond acceptors (Lipinski definition) is 11. The highest BCUT2D eigenvalue weighted by molar-refractivity contribution is 7.80. The molecule has 1 aromatic heterocycles. The molecule has 0 bridgehead atoms. The second kappa shape index (κ2) is 15.6. The van der Waals surface area contributed by atoms with Gasteiger partial charge in [0.25, 0.3) is 17.7 Å². The first-order chi connectivity index (χ1) is 28.5. The van der Waals surface area contributed by atoms with E-state index in [2.05, 4.69) is 20.0 Å². The van der Waals surface area contributed by atoms with E-state index < -0.39 is 58.4 Å². The summed E-state index contributed by atoms with van der Waals surface area (Å²) in [5.74, 6) is -1.20. The van der Waals surface area contributed by atoms with Crippen LogP contribution in [0.25, 0.3) is 0 Å². The number of aromatic nitrogens is 1. The Labute approximate surface area is 349 Å². The summed E-state index contributed by atoms with van der Waals surface area (Å²) in [5, 5.41) is 11.5. The van der Waals surface area contributed by atoms with Gasteiger partial charge in [-0.3, -0.25) is 44.0 Å². The first kappa shape index (κ1) is 40.8. The molecule has 4 fully saturated rings. The van der Waals surface area contributed by atoms with Gasteiger partial charge in [0.1, 0.15) is 17.4 Å². The molecule has 5 aliphatic rings. The minimum absolute atomic E-state index is 0.0535. The van der Waals surface area contributed by atoms with Crippen LogP contribution >= 0.6 is 12.2 Å². The van der Waals surface area contributed by atoms with Crippen LogP contribution < -0.4 is 20.0 Å². The van der Waals surface area contributed by atoms with Gasteiger partial charge in [-0.15, -0.1) is 0 Å². The lowest BCUT2D eigenvalue weighted by molar-refractivity contribution is -0.138. The van der Waals surface area contributed by atoms with Gasteiger partial charge in [-0.1, -0.05) is 6.07 Å². The number of nitrogens with one attached hydrogen (secondary N) is 1. The molecule has 8 rings (SSSR count). The standard InChI is InChI=1S/C42H42F3N9O5S/c1-41(2)39(59)53(29-5-4-27(21-46)32(20-29)42(43,44)45)40(60)52(41)24-26-3-9-34(47-22-26)51-13-11-25(12-14-51)23-49-15-17-50(18-16-49)28-6-7-30-31(19-28)38(58)54(37(30)57)33-8-10-35(55)48-36(33)56/h3-7,9,19-20,22,25,33H,8,10-18,23-24H2,1-2H3,(H,48,55,56). The number of imide groups is 2. The summed E-state index contributed by atoms with van der Waals surface area (Å²) in [6, 6.07) is 12.8. The summed E-state index contributed by atoms with van der Waals surface area (Å²) in [6.07, 6.45) is -0.876. The molecule has 312 valence electrons. The number of rotatable bonds is 8. The van der Waals surface area contributed by atoms with Gasteiger partial charge in [-0.25, -0.2) is 4.98 Å². The van der Waals surface area contributed by atoms with Crippen LogP contribution in [0.1, 0.15) is 76.9 Å². The molecule has 1 atom stereocenters. The van der Waals surface area contributed by atoms with Crippen LogP contribution in [0.3, 0.4) is 0 Å². The molecule has 3 aromatic rings. The second-order valence-electron chi connectivity index (χ2n) is 16.3. The zero-order valence-electron chi connectivity index (χ0n) is 33.0. The topological polar surface area (TPSA) is 154 Å². The molecule has 0 spiro atoms. The summed E-state index contributed by atoms with van der Waals surface area (Å²) in [5.41, 5.74) is -0.702. The molecule has 14 nitrogen and oxygen atoms in total. The molecule has 0 aliphatic carbocycles. The van der Waals surface area contributed by atoms with Crippen molar-refractivity contribution in [2.45, 2.75) is 63.8 Å². The highest BCUT2D eigenvalue weighted by Crippen LogP contribution is 2.39. The quantitative estimate of drug-likeness (QED) is 0.254. The number of amides is 5. The molecular formula is C42H42F3N9O5S. The van der Waals surface area contributed by atoms with Crippen molar-refractivity contribution >= 4 is 64.1 Å². The Morgan fingerprint density at radius 3 is 2.22 bits per heavy atom. The number of pyridine rings is 1. The fourth-order valence-electron chi connectivity index (χ4n) is 8.77. The number of fused-ring (bicyclic) bond motifs is 1. The number of nitrogens with zero attached hydrogens (tertiary/aromatic N) is 8. The number of thiocarbonyl (C=S) groups is 1. The molecule has 0 saturated carbocycles. The zero-order chi connectivity index (χ0) is 42.7. The molecule has 5 amide bonds. The van der Waals surface area contributed by atoms with Crippen molar-refractivity contribution in [2.24, 2.45) is 5.92 Å². The second-order valence-corrected chi connectivity index (χ2v) is 16.7. The Balaban J connectivity index is 0.820. The lowest BCUT2D eigenvalue weighted by atomic mass is 9.96. The van der Waals surface area contributed by atoms with Gasteiger partial charge in [-0.05, 0) is 99.3 Å². The highest BCUT2D eigenvalue weighted by atomic mass is 32.1. The normalized spacial score (nSPS) is 21.5. The fraction of sp³-hybridized carbons (Fsp3) is 0.429. The zero-order valence-corrected chi connectivity index (χ0v) is 33.8. The van der Waals surface area contributed by atoms with E-state index in [4.69, 9.17) is 17.2 Å². The lowest BCUT2D eigenvalue weighted by Crippen LogP contribution is -2.54. The smallest absolute Gasteiger partial charge is 0.369 e. The third-order valence-corrected chi connectivity index (χ3v) is 12.7. The number of anilines is 3. The summed E-state index contributed by atoms with van der Waals surface area (Å²) >= 11 is 5.65. The van der Waals surface area contributed by atoms with E-state index in [0.29, 0.717) is 5.92 Å². The molecular weight excluding hydrogens is 800 g/mol. The monoisotopic (exact) mass is 841 g/mol. The van der Waals surface area contributed by atoms with Crippen LogP contribution in [0.15, 0.2) is 54.7 Å². The molecule has 18 heteroatoms. The number of hydrogen-bond donors (Lipinski definition) is 1. The van der Waals surface area contributed by atoms with Crippen molar-refractivity contribution < 1.29 is 37.1 Å². The molecule has 6 heterocycles. The number of piperazine rings is 1. The van der Waals surface area contributed by atoms with Crippen LogP contribution in [-0.4, -0.2) is 112 Å². The maximum Gasteiger partial charge on any atom is 0.417 e. The Morgan fingerprint density at radius 2 is 1.57 bits per heavy atom. The third-order valence-electron chi connectivity index (χ3n) is 12.3. The average Bonchev–Trinajstić information content (AvgIpc) is 3.57. The van der Waals surface area contributed by atoms with Crippen molar-refractivity contribution in [3.63, 3.8) is 0 Å².